The van der Waals surface area contributed by atoms with Gasteiger partial charge in [0.2, 0.25) is 0 Å². The minimum absolute atomic E-state index is 0. The quantitative estimate of drug-likeness (QED) is 0.390. The summed E-state index contributed by atoms with van der Waals surface area (Å²) in [5.41, 5.74) is 9.43. The minimum Gasteiger partial charge on any atom is -1.00 e. The molecule has 0 spiro atoms. The van der Waals surface area contributed by atoms with Crippen LogP contribution in [0.1, 0.15) is 84.6 Å². The van der Waals surface area contributed by atoms with Crippen molar-refractivity contribution in [3.63, 3.8) is 0 Å². The van der Waals surface area contributed by atoms with Gasteiger partial charge in [0, 0.05) is 0 Å². The van der Waals surface area contributed by atoms with Crippen molar-refractivity contribution in [1.29, 1.82) is 0 Å². The van der Waals surface area contributed by atoms with Crippen molar-refractivity contribution in [2.24, 2.45) is 5.92 Å². The van der Waals surface area contributed by atoms with Crippen molar-refractivity contribution in [2.75, 3.05) is 0 Å². The molecule has 0 saturated heterocycles. The van der Waals surface area contributed by atoms with E-state index in [1.807, 2.05) is 0 Å². The van der Waals surface area contributed by atoms with Crippen LogP contribution in [0.4, 0.5) is 0 Å². The summed E-state index contributed by atoms with van der Waals surface area (Å²) in [6.45, 7) is 29.0. The molecule has 4 heteroatoms. The van der Waals surface area contributed by atoms with Gasteiger partial charge in [0.15, 0.2) is 0 Å². The first-order valence-corrected chi connectivity index (χ1v) is 20.6. The summed E-state index contributed by atoms with van der Waals surface area (Å²) in [4.78, 5) is 0. The van der Waals surface area contributed by atoms with Crippen LogP contribution in [0.15, 0.2) is 51.0 Å². The molecule has 0 heterocycles. The van der Waals surface area contributed by atoms with Crippen molar-refractivity contribution < 1.29 is 46.1 Å². The Hall–Kier alpha value is -0.530. The summed E-state index contributed by atoms with van der Waals surface area (Å²) >= 11 is -2.22. The van der Waals surface area contributed by atoms with E-state index in [-0.39, 0.29) is 35.6 Å². The predicted octanol–water partition coefficient (Wildman–Crippen LogP) is 2.65. The second kappa shape index (κ2) is 11.2. The van der Waals surface area contributed by atoms with Gasteiger partial charge in [-0.3, -0.25) is 0 Å². The summed E-state index contributed by atoms with van der Waals surface area (Å²) in [5, 5.41) is 1.67. The van der Waals surface area contributed by atoms with Gasteiger partial charge in [-0.2, -0.15) is 0 Å². The number of rotatable bonds is 3. The van der Waals surface area contributed by atoms with Gasteiger partial charge in [-0.1, -0.05) is 0 Å². The molecule has 0 radical (unpaired) electrons. The summed E-state index contributed by atoms with van der Waals surface area (Å²) in [5.74, 6) is 0.589. The summed E-state index contributed by atoms with van der Waals surface area (Å²) in [6, 6.07) is 12.5. The van der Waals surface area contributed by atoms with Gasteiger partial charge in [-0.15, -0.1) is 0 Å². The van der Waals surface area contributed by atoms with Crippen LogP contribution in [0.3, 0.4) is 0 Å². The molecule has 1 atom stereocenters. The predicted molar refractivity (Wildman–Crippen MR) is 157 cm³/mol. The Balaban J connectivity index is 0.00000241. The fraction of sp³-hybridized carbons (Fsp3) is 0.485. The second-order valence-corrected chi connectivity index (χ2v) is 26.4. The molecular weight excluding hydrogens is 587 g/mol. The zero-order chi connectivity index (χ0) is 26.1. The average molecular weight is 633 g/mol. The van der Waals surface area contributed by atoms with E-state index in [1.165, 1.54) is 27.8 Å². The molecule has 200 valence electrons. The van der Waals surface area contributed by atoms with Gasteiger partial charge in [0.1, 0.15) is 0 Å². The van der Waals surface area contributed by atoms with Crippen LogP contribution < -0.4 is 28.1 Å². The molecule has 0 aromatic heterocycles. The summed E-state index contributed by atoms with van der Waals surface area (Å²) < 4.78 is 5.24. The Labute approximate surface area is 248 Å². The smallest absolute Gasteiger partial charge is 1.00 e. The van der Waals surface area contributed by atoms with Crippen LogP contribution >= 0.6 is 0 Å². The second-order valence-electron chi connectivity index (χ2n) is 14.2. The Morgan fingerprint density at radius 3 is 1.89 bits per heavy atom. The van der Waals surface area contributed by atoms with Crippen molar-refractivity contribution >= 4 is 14.6 Å². The number of allylic oxidation sites excluding steroid dienone is 4. The average Bonchev–Trinajstić information content (AvgIpc) is 3.27. The molecule has 0 aliphatic heterocycles. The van der Waals surface area contributed by atoms with E-state index in [2.05, 4.69) is 124 Å². The summed E-state index contributed by atoms with van der Waals surface area (Å²) in [7, 11) is -1.32. The van der Waals surface area contributed by atoms with E-state index >= 15 is 0 Å². The Bertz CT molecular complexity index is 1290. The largest absolute Gasteiger partial charge is 1.00 e. The molecule has 37 heavy (non-hydrogen) atoms. The number of fused-ring (bicyclic) bond motifs is 3. The molecule has 4 rings (SSSR count). The molecule has 1 unspecified atom stereocenters. The normalized spacial score (nSPS) is 16.5. The van der Waals surface area contributed by atoms with E-state index in [0.29, 0.717) is 5.92 Å². The number of hydrogen-bond donors (Lipinski definition) is 0. The Morgan fingerprint density at radius 2 is 1.41 bits per heavy atom. The van der Waals surface area contributed by atoms with Gasteiger partial charge < -0.3 is 24.8 Å². The Kier molecular flexibility index (Phi) is 9.85. The first-order valence-electron chi connectivity index (χ1n) is 13.4. The molecule has 0 saturated carbocycles. The van der Waals surface area contributed by atoms with E-state index in [4.69, 9.17) is 0 Å². The van der Waals surface area contributed by atoms with Gasteiger partial charge >= 0.3 is 225 Å². The van der Waals surface area contributed by atoms with Crippen molar-refractivity contribution in [3.05, 3.63) is 73.2 Å². The van der Waals surface area contributed by atoms with Crippen LogP contribution in [-0.4, -0.2) is 11.3 Å². The van der Waals surface area contributed by atoms with Gasteiger partial charge in [-0.05, 0) is 0 Å². The fourth-order valence-corrected chi connectivity index (χ4v) is 14.9. The maximum atomic E-state index is 2.68. The zero-order valence-electron chi connectivity index (χ0n) is 25.1. The number of benzene rings is 2. The van der Waals surface area contributed by atoms with Gasteiger partial charge in [-0.25, -0.2) is 0 Å². The molecule has 2 aromatic rings. The monoisotopic (exact) mass is 630 g/mol. The van der Waals surface area contributed by atoms with E-state index in [1.54, 1.807) is 20.5 Å². The zero-order valence-corrected chi connectivity index (χ0v) is 30.1. The third kappa shape index (κ3) is 6.45. The van der Waals surface area contributed by atoms with E-state index in [9.17, 15) is 0 Å². The molecule has 2 aliphatic carbocycles. The third-order valence-corrected chi connectivity index (χ3v) is 17.7. The maximum absolute atomic E-state index is 2.68. The van der Waals surface area contributed by atoms with Gasteiger partial charge in [0.25, 0.3) is 0 Å². The van der Waals surface area contributed by atoms with Crippen molar-refractivity contribution in [3.8, 4) is 11.1 Å². The standard InChI is InChI=1S/C21H25.C9H15Si.C3H6.2ClH.Zr/c1-20(2,3)16-9-7-14-11-15-8-10-17(21(4,5)6)13-19(15)18(14)12-16;1-8-5-6-9(7-8)10(2,3)4;1-3-2;;;/h7,9-10,12-13H,11H2,1-6H3;6-8H,1-4H3;1-2H3;2*1H;/q;;;;;+2/p-2. The first kappa shape index (κ1) is 32.7. The molecule has 2 aromatic carbocycles. The van der Waals surface area contributed by atoms with Crippen LogP contribution in [0.25, 0.3) is 11.1 Å². The van der Waals surface area contributed by atoms with E-state index < -0.39 is 29.3 Å². The van der Waals surface area contributed by atoms with Crippen molar-refractivity contribution in [1.82, 2.24) is 0 Å². The SMILES string of the molecule is C[C](C)=[Zr+2]([C]1=CC([Si](C)(C)C)=CC1C)[c]1cc(C(C)(C)C)cc2c1Cc1ccc(C(C)(C)C)cc1-2.[Cl-].[Cl-]. The van der Waals surface area contributed by atoms with Crippen LogP contribution in [0.2, 0.25) is 19.6 Å². The van der Waals surface area contributed by atoms with Crippen LogP contribution in [0, 0.1) is 5.92 Å². The number of hydrogen-bond acceptors (Lipinski definition) is 0. The number of halogens is 2. The van der Waals surface area contributed by atoms with Crippen LogP contribution in [0.5, 0.6) is 0 Å². The maximum Gasteiger partial charge on any atom is -1.00 e. The first-order chi connectivity index (χ1) is 16.0. The molecule has 0 fully saturated rings. The van der Waals surface area contributed by atoms with Crippen LogP contribution in [-0.2, 0) is 38.5 Å². The molecule has 0 nitrogen and oxygen atoms in total. The third-order valence-electron chi connectivity index (χ3n) is 7.90. The topological polar surface area (TPSA) is 0 Å². The van der Waals surface area contributed by atoms with Gasteiger partial charge in [0.05, 0.1) is 0 Å². The molecular formula is C33H46Cl2SiZr. The summed E-state index contributed by atoms with van der Waals surface area (Å²) in [6.07, 6.45) is 6.39. The Morgan fingerprint density at radius 1 is 0.838 bits per heavy atom. The molecule has 2 aliphatic rings. The molecule has 0 N–H and O–H groups in total. The fourth-order valence-electron chi connectivity index (χ4n) is 5.58. The van der Waals surface area contributed by atoms with Crippen molar-refractivity contribution in [2.45, 2.75) is 99.2 Å². The van der Waals surface area contributed by atoms with E-state index in [0.717, 1.165) is 6.42 Å². The molecule has 0 bridgehead atoms. The molecule has 0 amide bonds. The minimum atomic E-state index is -2.22.